The maximum Gasteiger partial charge on any atom is 0.317 e. The Morgan fingerprint density at radius 1 is 1.39 bits per heavy atom. The first-order chi connectivity index (χ1) is 10.9. The summed E-state index contributed by atoms with van der Waals surface area (Å²) in [5.74, 6) is 1.55. The van der Waals surface area contributed by atoms with Crippen molar-refractivity contribution in [1.29, 1.82) is 0 Å². The van der Waals surface area contributed by atoms with Crippen molar-refractivity contribution >= 4 is 15.9 Å². The number of ether oxygens (including phenoxy) is 2. The van der Waals surface area contributed by atoms with E-state index in [0.717, 1.165) is 0 Å². The number of carbonyl (C=O) groups excluding carboxylic acids is 1. The number of nitrogens with one attached hydrogen (secondary N) is 1. The van der Waals surface area contributed by atoms with Gasteiger partial charge in [-0.05, 0) is 18.6 Å². The van der Waals surface area contributed by atoms with Gasteiger partial charge in [0.1, 0.15) is 18.1 Å². The monoisotopic (exact) mass is 342 g/mol. The summed E-state index contributed by atoms with van der Waals surface area (Å²) in [4.78, 5) is 13.5. The number of sulfone groups is 1. The van der Waals surface area contributed by atoms with Gasteiger partial charge in [-0.3, -0.25) is 0 Å². The van der Waals surface area contributed by atoms with Crippen molar-refractivity contribution in [3.63, 3.8) is 0 Å². The number of carbonyl (C=O) groups is 1. The first kappa shape index (κ1) is 17.4. The van der Waals surface area contributed by atoms with Crippen LogP contribution in [0.4, 0.5) is 4.79 Å². The van der Waals surface area contributed by atoms with Gasteiger partial charge in [0, 0.05) is 19.2 Å². The van der Waals surface area contributed by atoms with Crippen molar-refractivity contribution < 1.29 is 22.7 Å². The lowest BCUT2D eigenvalue weighted by Crippen LogP contribution is -2.45. The third kappa shape index (κ3) is 5.02. The molecule has 1 aromatic carbocycles. The predicted octanol–water partition coefficient (Wildman–Crippen LogP) is 0.902. The van der Waals surface area contributed by atoms with Crippen LogP contribution in [0.5, 0.6) is 11.5 Å². The van der Waals surface area contributed by atoms with Crippen molar-refractivity contribution in [3.8, 4) is 11.5 Å². The zero-order valence-electron chi connectivity index (χ0n) is 13.3. The van der Waals surface area contributed by atoms with Crippen LogP contribution in [0.1, 0.15) is 6.42 Å². The Hall–Kier alpha value is -1.96. The van der Waals surface area contributed by atoms with Gasteiger partial charge in [-0.1, -0.05) is 6.07 Å². The van der Waals surface area contributed by atoms with Gasteiger partial charge >= 0.3 is 6.03 Å². The summed E-state index contributed by atoms with van der Waals surface area (Å²) < 4.78 is 33.5. The molecule has 1 aliphatic heterocycles. The average molecular weight is 342 g/mol. The Labute approximate surface area is 136 Å². The van der Waals surface area contributed by atoms with Crippen molar-refractivity contribution in [1.82, 2.24) is 10.2 Å². The lowest BCUT2D eigenvalue weighted by Gasteiger charge is -2.23. The molecule has 1 saturated heterocycles. The minimum absolute atomic E-state index is 0.0389. The van der Waals surface area contributed by atoms with Crippen molar-refractivity contribution in [2.45, 2.75) is 12.5 Å². The fraction of sp³-hybridized carbons (Fsp3) is 0.533. The fourth-order valence-corrected chi connectivity index (χ4v) is 4.16. The molecule has 2 amide bonds. The molecular weight excluding hydrogens is 320 g/mol. The molecule has 1 heterocycles. The van der Waals surface area contributed by atoms with Gasteiger partial charge in [0.05, 0.1) is 25.2 Å². The van der Waals surface area contributed by atoms with Crippen molar-refractivity contribution in [3.05, 3.63) is 24.3 Å². The van der Waals surface area contributed by atoms with Gasteiger partial charge < -0.3 is 19.7 Å². The Bertz CT molecular complexity index is 647. The summed E-state index contributed by atoms with van der Waals surface area (Å²) in [5, 5.41) is 2.72. The zero-order valence-corrected chi connectivity index (χ0v) is 14.1. The quantitative estimate of drug-likeness (QED) is 0.777. The maximum absolute atomic E-state index is 12.0. The lowest BCUT2D eigenvalue weighted by atomic mass is 10.2. The molecule has 7 nitrogen and oxygen atoms in total. The lowest BCUT2D eigenvalue weighted by molar-refractivity contribution is 0.192. The number of methoxy groups -OCH3 is 1. The summed E-state index contributed by atoms with van der Waals surface area (Å²) in [6.45, 7) is 0.648. The van der Waals surface area contributed by atoms with E-state index in [1.807, 2.05) is 12.1 Å². The molecule has 1 aromatic rings. The molecule has 0 radical (unpaired) electrons. The molecule has 1 aliphatic rings. The van der Waals surface area contributed by atoms with E-state index in [9.17, 15) is 13.2 Å². The van der Waals surface area contributed by atoms with Gasteiger partial charge in [-0.25, -0.2) is 13.2 Å². The number of nitrogens with zero attached hydrogens (tertiary/aromatic N) is 1. The van der Waals surface area contributed by atoms with E-state index < -0.39 is 9.84 Å². The van der Waals surface area contributed by atoms with Gasteiger partial charge in [-0.2, -0.15) is 0 Å². The minimum Gasteiger partial charge on any atom is -0.497 e. The van der Waals surface area contributed by atoms with Gasteiger partial charge in [0.25, 0.3) is 0 Å². The first-order valence-corrected chi connectivity index (χ1v) is 9.21. The van der Waals surface area contributed by atoms with Crippen LogP contribution in [0.3, 0.4) is 0 Å². The molecule has 8 heteroatoms. The number of rotatable bonds is 6. The van der Waals surface area contributed by atoms with Crippen LogP contribution >= 0.6 is 0 Å². The second-order valence-electron chi connectivity index (χ2n) is 5.43. The molecule has 23 heavy (non-hydrogen) atoms. The number of hydrogen-bond donors (Lipinski definition) is 1. The molecule has 1 atom stereocenters. The van der Waals surface area contributed by atoms with Crippen LogP contribution in [0.2, 0.25) is 0 Å². The summed E-state index contributed by atoms with van der Waals surface area (Å²) in [5.41, 5.74) is 0. The predicted molar refractivity (Wildman–Crippen MR) is 86.7 cm³/mol. The van der Waals surface area contributed by atoms with Crippen LogP contribution in [0.25, 0.3) is 0 Å². The number of amides is 2. The Kier molecular flexibility index (Phi) is 5.70. The molecule has 0 unspecified atom stereocenters. The molecular formula is C15H22N2O5S. The second kappa shape index (κ2) is 7.54. The minimum atomic E-state index is -3.00. The van der Waals surface area contributed by atoms with Gasteiger partial charge in [0.15, 0.2) is 9.84 Å². The van der Waals surface area contributed by atoms with Crippen LogP contribution in [0, 0.1) is 0 Å². The van der Waals surface area contributed by atoms with Gasteiger partial charge in [-0.15, -0.1) is 0 Å². The fourth-order valence-electron chi connectivity index (χ4n) is 2.39. The third-order valence-electron chi connectivity index (χ3n) is 3.76. The Morgan fingerprint density at radius 3 is 2.78 bits per heavy atom. The van der Waals surface area contributed by atoms with Crippen molar-refractivity contribution in [2.75, 3.05) is 38.8 Å². The standard InChI is InChI=1S/C15H22N2O5S/c1-17(12-6-9-23(19,20)11-12)15(18)16-7-8-22-14-5-3-4-13(10-14)21-2/h3-5,10,12H,6-9,11H2,1-2H3,(H,16,18)/t12-/m0/s1. The summed E-state index contributed by atoms with van der Waals surface area (Å²) in [6.07, 6.45) is 0.493. The molecule has 0 saturated carbocycles. The second-order valence-corrected chi connectivity index (χ2v) is 7.66. The topological polar surface area (TPSA) is 84.9 Å². The molecule has 0 aliphatic carbocycles. The molecule has 0 aromatic heterocycles. The largest absolute Gasteiger partial charge is 0.497 e. The summed E-state index contributed by atoms with van der Waals surface area (Å²) in [7, 11) is 0.197. The van der Waals surface area contributed by atoms with Gasteiger partial charge in [0.2, 0.25) is 0 Å². The van der Waals surface area contributed by atoms with E-state index in [2.05, 4.69) is 5.32 Å². The first-order valence-electron chi connectivity index (χ1n) is 7.39. The van der Waals surface area contributed by atoms with E-state index in [4.69, 9.17) is 9.47 Å². The Morgan fingerprint density at radius 2 is 2.13 bits per heavy atom. The van der Waals surface area contributed by atoms with Crippen molar-refractivity contribution in [2.24, 2.45) is 0 Å². The molecule has 2 rings (SSSR count). The molecule has 128 valence electrons. The zero-order chi connectivity index (χ0) is 16.9. The Balaban J connectivity index is 1.72. The summed E-state index contributed by atoms with van der Waals surface area (Å²) >= 11 is 0. The van der Waals surface area contributed by atoms with Crippen LogP contribution in [-0.2, 0) is 9.84 Å². The van der Waals surface area contributed by atoms with E-state index in [-0.39, 0.29) is 23.6 Å². The highest BCUT2D eigenvalue weighted by Crippen LogP contribution is 2.18. The molecule has 0 bridgehead atoms. The number of benzene rings is 1. The highest BCUT2D eigenvalue weighted by molar-refractivity contribution is 7.91. The van der Waals surface area contributed by atoms with E-state index >= 15 is 0 Å². The highest BCUT2D eigenvalue weighted by atomic mass is 32.2. The SMILES string of the molecule is COc1cccc(OCCNC(=O)N(C)[C@H]2CCS(=O)(=O)C2)c1. The van der Waals surface area contributed by atoms with E-state index in [0.29, 0.717) is 31.1 Å². The smallest absolute Gasteiger partial charge is 0.317 e. The number of urea groups is 1. The molecule has 1 N–H and O–H groups in total. The average Bonchev–Trinajstić information content (AvgIpc) is 2.90. The molecule has 1 fully saturated rings. The maximum atomic E-state index is 12.0. The van der Waals surface area contributed by atoms with E-state index in [1.54, 1.807) is 26.3 Å². The molecule has 0 spiro atoms. The summed E-state index contributed by atoms with van der Waals surface area (Å²) in [6, 6.07) is 6.66. The third-order valence-corrected chi connectivity index (χ3v) is 5.52. The number of hydrogen-bond acceptors (Lipinski definition) is 5. The normalized spacial score (nSPS) is 19.1. The van der Waals surface area contributed by atoms with E-state index in [1.165, 1.54) is 4.90 Å². The highest BCUT2D eigenvalue weighted by Gasteiger charge is 2.32. The van der Waals surface area contributed by atoms with Crippen LogP contribution in [0.15, 0.2) is 24.3 Å². The van der Waals surface area contributed by atoms with Crippen LogP contribution < -0.4 is 14.8 Å². The van der Waals surface area contributed by atoms with Crippen LogP contribution in [-0.4, -0.2) is 64.2 Å².